The molecule has 29 heavy (non-hydrogen) atoms. The molecule has 2 aromatic carbocycles. The number of benzene rings is 2. The lowest BCUT2D eigenvalue weighted by Gasteiger charge is -2.32. The van der Waals surface area contributed by atoms with Gasteiger partial charge in [0.2, 0.25) is 0 Å². The number of hydrogen-bond acceptors (Lipinski definition) is 4. The molecular weight excluding hydrogens is 382 g/mol. The molecule has 0 spiro atoms. The van der Waals surface area contributed by atoms with Gasteiger partial charge in [0, 0.05) is 24.6 Å². The molecule has 6 heteroatoms. The number of likely N-dealkylation sites (tertiary alicyclic amines) is 1. The van der Waals surface area contributed by atoms with Crippen molar-refractivity contribution < 1.29 is 0 Å². The molecule has 0 unspecified atom stereocenters. The molecule has 1 saturated heterocycles. The molecule has 3 aromatic rings. The minimum absolute atomic E-state index is 0.213. The van der Waals surface area contributed by atoms with E-state index in [9.17, 15) is 9.59 Å². The molecule has 0 saturated carbocycles. The molecule has 0 aliphatic carbocycles. The van der Waals surface area contributed by atoms with Gasteiger partial charge in [0.05, 0.1) is 5.69 Å². The molecule has 152 valence electrons. The van der Waals surface area contributed by atoms with E-state index in [1.54, 1.807) is 16.1 Å². The van der Waals surface area contributed by atoms with Crippen LogP contribution in [0.1, 0.15) is 31.2 Å². The van der Waals surface area contributed by atoms with Crippen molar-refractivity contribution in [1.29, 1.82) is 0 Å². The normalized spacial score (nSPS) is 15.6. The summed E-state index contributed by atoms with van der Waals surface area (Å²) < 4.78 is 2.88. The van der Waals surface area contributed by atoms with Crippen LogP contribution in [0.3, 0.4) is 0 Å². The topological polar surface area (TPSA) is 47.2 Å². The Balaban J connectivity index is 1.26. The third-order valence-corrected chi connectivity index (χ3v) is 6.62. The van der Waals surface area contributed by atoms with E-state index in [1.807, 2.05) is 18.2 Å². The predicted molar refractivity (Wildman–Crippen MR) is 118 cm³/mol. The Bertz CT molecular complexity index is 1020. The van der Waals surface area contributed by atoms with E-state index >= 15 is 0 Å². The summed E-state index contributed by atoms with van der Waals surface area (Å²) in [6, 6.07) is 19.8. The summed E-state index contributed by atoms with van der Waals surface area (Å²) in [5, 5.41) is 0. The molecule has 0 bridgehead atoms. The maximum Gasteiger partial charge on any atom is 0.345 e. The van der Waals surface area contributed by atoms with E-state index in [-0.39, 0.29) is 10.6 Å². The third-order valence-electron chi connectivity index (χ3n) is 5.72. The average molecular weight is 410 g/mol. The quantitative estimate of drug-likeness (QED) is 0.597. The Morgan fingerprint density at radius 2 is 1.55 bits per heavy atom. The standard InChI is InChI=1S/C23H27N3O2S/c27-22-25(29-23(28)26(22)21-11-5-2-6-12-21)15-7-10-19-13-16-24(17-14-19)18-20-8-3-1-4-9-20/h1-6,8-9,11-12,19H,7,10,13-18H2. The molecule has 0 radical (unpaired) electrons. The first kappa shape index (κ1) is 19.9. The Morgan fingerprint density at radius 1 is 0.897 bits per heavy atom. The van der Waals surface area contributed by atoms with Crippen LogP contribution >= 0.6 is 11.5 Å². The minimum Gasteiger partial charge on any atom is -0.299 e. The van der Waals surface area contributed by atoms with Crippen LogP contribution in [0.25, 0.3) is 5.69 Å². The summed E-state index contributed by atoms with van der Waals surface area (Å²) in [6.07, 6.45) is 4.48. The zero-order valence-corrected chi connectivity index (χ0v) is 17.4. The molecule has 1 aliphatic rings. The van der Waals surface area contributed by atoms with E-state index in [1.165, 1.54) is 23.0 Å². The lowest BCUT2D eigenvalue weighted by atomic mass is 9.92. The second-order valence-corrected chi connectivity index (χ2v) is 8.73. The van der Waals surface area contributed by atoms with Crippen LogP contribution in [0.15, 0.2) is 70.3 Å². The van der Waals surface area contributed by atoms with Gasteiger partial charge in [-0.25, -0.2) is 13.3 Å². The lowest BCUT2D eigenvalue weighted by Crippen LogP contribution is -2.33. The van der Waals surface area contributed by atoms with Gasteiger partial charge < -0.3 is 0 Å². The number of aromatic nitrogens is 2. The molecule has 1 fully saturated rings. The molecule has 5 nitrogen and oxygen atoms in total. The van der Waals surface area contributed by atoms with Crippen molar-refractivity contribution >= 4 is 11.5 Å². The van der Waals surface area contributed by atoms with Crippen LogP contribution in [-0.4, -0.2) is 26.5 Å². The van der Waals surface area contributed by atoms with Gasteiger partial charge in [0.1, 0.15) is 0 Å². The first-order valence-electron chi connectivity index (χ1n) is 10.4. The molecule has 4 rings (SSSR count). The fourth-order valence-corrected chi connectivity index (χ4v) is 4.93. The van der Waals surface area contributed by atoms with E-state index in [0.717, 1.165) is 44.0 Å². The number of rotatable bonds is 7. The first-order valence-corrected chi connectivity index (χ1v) is 11.1. The van der Waals surface area contributed by atoms with Crippen molar-refractivity contribution in [1.82, 2.24) is 13.4 Å². The Kier molecular flexibility index (Phi) is 6.42. The smallest absolute Gasteiger partial charge is 0.299 e. The van der Waals surface area contributed by atoms with Gasteiger partial charge in [-0.2, -0.15) is 0 Å². The number of nitrogens with zero attached hydrogens (tertiary/aromatic N) is 3. The molecule has 2 heterocycles. The van der Waals surface area contributed by atoms with E-state index in [2.05, 4.69) is 35.2 Å². The van der Waals surface area contributed by atoms with Crippen LogP contribution in [0, 0.1) is 5.92 Å². The van der Waals surface area contributed by atoms with E-state index in [0.29, 0.717) is 18.2 Å². The van der Waals surface area contributed by atoms with Gasteiger partial charge in [-0.15, -0.1) is 0 Å². The van der Waals surface area contributed by atoms with Crippen molar-refractivity contribution in [2.24, 2.45) is 5.92 Å². The Hall–Kier alpha value is -2.44. The fraction of sp³-hybridized carbons (Fsp3) is 0.391. The summed E-state index contributed by atoms with van der Waals surface area (Å²) >= 11 is 1.03. The summed E-state index contributed by atoms with van der Waals surface area (Å²) in [6.45, 7) is 3.93. The lowest BCUT2D eigenvalue weighted by molar-refractivity contribution is 0.170. The SMILES string of the molecule is O=c1sn(CCCC2CCN(Cc3ccccc3)CC2)c(=O)n1-c1ccccc1. The average Bonchev–Trinajstić information content (AvgIpc) is 3.04. The maximum absolute atomic E-state index is 12.6. The highest BCUT2D eigenvalue weighted by Gasteiger charge is 2.19. The number of aryl methyl sites for hydroxylation is 1. The molecule has 0 atom stereocenters. The van der Waals surface area contributed by atoms with Crippen molar-refractivity contribution in [3.63, 3.8) is 0 Å². The monoisotopic (exact) mass is 409 g/mol. The van der Waals surface area contributed by atoms with Crippen molar-refractivity contribution in [3.05, 3.63) is 86.4 Å². The summed E-state index contributed by atoms with van der Waals surface area (Å²) in [4.78, 5) is 27.2. The fourth-order valence-electron chi connectivity index (χ4n) is 4.10. The zero-order chi connectivity index (χ0) is 20.1. The predicted octanol–water partition coefficient (Wildman–Crippen LogP) is 3.75. The second kappa shape index (κ2) is 9.37. The highest BCUT2D eigenvalue weighted by molar-refractivity contribution is 7.03. The molecule has 0 N–H and O–H groups in total. The van der Waals surface area contributed by atoms with Crippen LogP contribution < -0.4 is 10.6 Å². The maximum atomic E-state index is 12.6. The molecule has 1 aliphatic heterocycles. The number of hydrogen-bond donors (Lipinski definition) is 0. The van der Waals surface area contributed by atoms with Gasteiger partial charge >= 0.3 is 10.6 Å². The van der Waals surface area contributed by atoms with Gasteiger partial charge in [-0.1, -0.05) is 48.5 Å². The van der Waals surface area contributed by atoms with E-state index < -0.39 is 0 Å². The molecule has 0 amide bonds. The van der Waals surface area contributed by atoms with Gasteiger partial charge in [0.25, 0.3) is 0 Å². The number of para-hydroxylation sites is 1. The highest BCUT2D eigenvalue weighted by Crippen LogP contribution is 2.23. The van der Waals surface area contributed by atoms with E-state index in [4.69, 9.17) is 0 Å². The summed E-state index contributed by atoms with van der Waals surface area (Å²) in [7, 11) is 0. The number of piperidine rings is 1. The van der Waals surface area contributed by atoms with Crippen molar-refractivity contribution in [2.45, 2.75) is 38.8 Å². The highest BCUT2D eigenvalue weighted by atomic mass is 32.1. The first-order chi connectivity index (χ1) is 14.2. The Morgan fingerprint density at radius 3 is 2.24 bits per heavy atom. The van der Waals surface area contributed by atoms with Crippen LogP contribution in [-0.2, 0) is 13.1 Å². The Labute approximate surface area is 175 Å². The van der Waals surface area contributed by atoms with Gasteiger partial charge in [-0.05, 0) is 62.4 Å². The second-order valence-electron chi connectivity index (χ2n) is 7.76. The molecule has 1 aromatic heterocycles. The van der Waals surface area contributed by atoms with Crippen LogP contribution in [0.2, 0.25) is 0 Å². The molecular formula is C23H27N3O2S. The third kappa shape index (κ3) is 4.95. The zero-order valence-electron chi connectivity index (χ0n) is 16.6. The van der Waals surface area contributed by atoms with Crippen molar-refractivity contribution in [3.8, 4) is 5.69 Å². The largest absolute Gasteiger partial charge is 0.345 e. The van der Waals surface area contributed by atoms with Crippen molar-refractivity contribution in [2.75, 3.05) is 13.1 Å². The van der Waals surface area contributed by atoms with Crippen LogP contribution in [0.5, 0.6) is 0 Å². The van der Waals surface area contributed by atoms with Gasteiger partial charge in [-0.3, -0.25) is 9.69 Å². The summed E-state index contributed by atoms with van der Waals surface area (Å²) in [5.41, 5.74) is 1.80. The summed E-state index contributed by atoms with van der Waals surface area (Å²) in [5.74, 6) is 0.714. The minimum atomic E-state index is -0.219. The van der Waals surface area contributed by atoms with Gasteiger partial charge in [0.15, 0.2) is 0 Å². The van der Waals surface area contributed by atoms with Crippen LogP contribution in [0.4, 0.5) is 0 Å².